The maximum Gasteiger partial charge on any atom is 0.262 e. The fourth-order valence-electron chi connectivity index (χ4n) is 1.76. The van der Waals surface area contributed by atoms with Gasteiger partial charge in [-0.15, -0.1) is 0 Å². The molecule has 1 heterocycles. The summed E-state index contributed by atoms with van der Waals surface area (Å²) in [6, 6.07) is 3.17. The Bertz CT molecular complexity index is 524. The van der Waals surface area contributed by atoms with Crippen LogP contribution in [0.4, 0.5) is 5.69 Å². The van der Waals surface area contributed by atoms with Crippen LogP contribution in [0.1, 0.15) is 6.42 Å². The summed E-state index contributed by atoms with van der Waals surface area (Å²) in [5.74, 6) is 5.35. The lowest BCUT2D eigenvalue weighted by atomic mass is 10.4. The summed E-state index contributed by atoms with van der Waals surface area (Å²) in [5.41, 5.74) is 2.61. The van der Waals surface area contributed by atoms with Crippen molar-refractivity contribution in [3.05, 3.63) is 18.3 Å². The van der Waals surface area contributed by atoms with Crippen molar-refractivity contribution in [2.75, 3.05) is 45.9 Å². The van der Waals surface area contributed by atoms with Crippen LogP contribution >= 0.6 is 0 Å². The first-order valence-electron chi connectivity index (χ1n) is 6.47. The zero-order valence-corrected chi connectivity index (χ0v) is 13.1. The van der Waals surface area contributed by atoms with Crippen LogP contribution in [-0.4, -0.2) is 58.2 Å². The van der Waals surface area contributed by atoms with E-state index in [-0.39, 0.29) is 17.3 Å². The predicted molar refractivity (Wildman–Crippen MR) is 79.2 cm³/mol. The number of hydrogen-bond acceptors (Lipinski definition) is 7. The topological polar surface area (TPSA) is 107 Å². The highest BCUT2D eigenvalue weighted by Gasteiger charge is 2.27. The molecule has 1 aromatic heterocycles. The van der Waals surface area contributed by atoms with E-state index >= 15 is 0 Å². The standard InChI is InChI=1S/C12H22N4O4S/c1-19-9-4-7-16(8-10-20-2)21(17,18)12-11(15-13)5-3-6-14-12/h3,5-6,15H,4,7-10,13H2,1-2H3. The largest absolute Gasteiger partial charge is 0.385 e. The monoisotopic (exact) mass is 318 g/mol. The number of hydrazine groups is 1. The summed E-state index contributed by atoms with van der Waals surface area (Å²) in [4.78, 5) is 3.93. The van der Waals surface area contributed by atoms with Gasteiger partial charge in [0.15, 0.2) is 5.03 Å². The number of nitrogens with one attached hydrogen (secondary N) is 1. The number of nitrogens with zero attached hydrogens (tertiary/aromatic N) is 2. The van der Waals surface area contributed by atoms with Crippen LogP contribution < -0.4 is 11.3 Å². The second-order valence-electron chi connectivity index (χ2n) is 4.24. The molecular formula is C12H22N4O4S. The minimum Gasteiger partial charge on any atom is -0.385 e. The highest BCUT2D eigenvalue weighted by molar-refractivity contribution is 7.89. The van der Waals surface area contributed by atoms with Crippen molar-refractivity contribution in [3.63, 3.8) is 0 Å². The summed E-state index contributed by atoms with van der Waals surface area (Å²) in [5, 5.41) is -0.0963. The van der Waals surface area contributed by atoms with Gasteiger partial charge in [-0.25, -0.2) is 13.4 Å². The van der Waals surface area contributed by atoms with Crippen LogP contribution in [0.15, 0.2) is 23.4 Å². The number of nitrogen functional groups attached to an aromatic ring is 1. The maximum atomic E-state index is 12.7. The number of aromatic nitrogens is 1. The molecule has 0 amide bonds. The van der Waals surface area contributed by atoms with E-state index in [4.69, 9.17) is 15.3 Å². The first-order valence-corrected chi connectivity index (χ1v) is 7.91. The number of ether oxygens (including phenoxy) is 2. The van der Waals surface area contributed by atoms with Gasteiger partial charge in [0, 0.05) is 40.1 Å². The van der Waals surface area contributed by atoms with Gasteiger partial charge in [0.05, 0.1) is 12.3 Å². The number of anilines is 1. The van der Waals surface area contributed by atoms with E-state index in [1.807, 2.05) is 0 Å². The molecule has 0 spiro atoms. The molecule has 0 bridgehead atoms. The Labute approximate surface area is 125 Å². The molecule has 3 N–H and O–H groups in total. The van der Waals surface area contributed by atoms with Gasteiger partial charge in [0.25, 0.3) is 10.0 Å². The van der Waals surface area contributed by atoms with Crippen molar-refractivity contribution in [1.82, 2.24) is 9.29 Å². The minimum atomic E-state index is -3.75. The Hall–Kier alpha value is -1.26. The highest BCUT2D eigenvalue weighted by atomic mass is 32.2. The summed E-state index contributed by atoms with van der Waals surface area (Å²) < 4.78 is 36.6. The Kier molecular flexibility index (Phi) is 7.54. The molecule has 0 unspecified atom stereocenters. The third-order valence-corrected chi connectivity index (χ3v) is 4.67. The molecule has 0 aromatic carbocycles. The maximum absolute atomic E-state index is 12.7. The van der Waals surface area contributed by atoms with Gasteiger partial charge < -0.3 is 14.9 Å². The zero-order valence-electron chi connectivity index (χ0n) is 12.3. The van der Waals surface area contributed by atoms with Gasteiger partial charge in [-0.1, -0.05) is 0 Å². The molecule has 0 aliphatic carbocycles. The lowest BCUT2D eigenvalue weighted by molar-refractivity contribution is 0.164. The summed E-state index contributed by atoms with van der Waals surface area (Å²) >= 11 is 0. The Morgan fingerprint density at radius 1 is 1.29 bits per heavy atom. The van der Waals surface area contributed by atoms with Crippen LogP contribution in [-0.2, 0) is 19.5 Å². The third-order valence-electron chi connectivity index (χ3n) is 2.81. The molecule has 120 valence electrons. The van der Waals surface area contributed by atoms with Crippen LogP contribution in [0.2, 0.25) is 0 Å². The number of rotatable bonds is 10. The number of hydrogen-bond donors (Lipinski definition) is 2. The average Bonchev–Trinajstić information content (AvgIpc) is 2.50. The lowest BCUT2D eigenvalue weighted by Crippen LogP contribution is -2.36. The molecular weight excluding hydrogens is 296 g/mol. The molecule has 0 fully saturated rings. The fraction of sp³-hybridized carbons (Fsp3) is 0.583. The molecule has 0 atom stereocenters. The van der Waals surface area contributed by atoms with E-state index in [9.17, 15) is 8.42 Å². The second kappa shape index (κ2) is 8.90. The van der Waals surface area contributed by atoms with Crippen molar-refractivity contribution in [3.8, 4) is 0 Å². The van der Waals surface area contributed by atoms with Gasteiger partial charge in [0.1, 0.15) is 0 Å². The number of sulfonamides is 1. The van der Waals surface area contributed by atoms with E-state index < -0.39 is 10.0 Å². The molecule has 1 aromatic rings. The van der Waals surface area contributed by atoms with Crippen molar-refractivity contribution in [2.24, 2.45) is 5.84 Å². The van der Waals surface area contributed by atoms with Crippen molar-refractivity contribution >= 4 is 15.7 Å². The van der Waals surface area contributed by atoms with Gasteiger partial charge in [-0.05, 0) is 18.6 Å². The summed E-state index contributed by atoms with van der Waals surface area (Å²) in [6.07, 6.45) is 2.00. The van der Waals surface area contributed by atoms with Gasteiger partial charge in [-0.2, -0.15) is 4.31 Å². The number of pyridine rings is 1. The molecule has 0 saturated carbocycles. The smallest absolute Gasteiger partial charge is 0.262 e. The summed E-state index contributed by atoms with van der Waals surface area (Å²) in [7, 11) is -0.658. The Balaban J connectivity index is 3.01. The lowest BCUT2D eigenvalue weighted by Gasteiger charge is -2.22. The van der Waals surface area contributed by atoms with Crippen LogP contribution in [0, 0.1) is 0 Å². The molecule has 8 nitrogen and oxygen atoms in total. The van der Waals surface area contributed by atoms with Gasteiger partial charge in [0.2, 0.25) is 0 Å². The molecule has 9 heteroatoms. The van der Waals surface area contributed by atoms with Crippen molar-refractivity contribution in [1.29, 1.82) is 0 Å². The first kappa shape index (κ1) is 17.8. The highest BCUT2D eigenvalue weighted by Crippen LogP contribution is 2.21. The van der Waals surface area contributed by atoms with Crippen LogP contribution in [0.5, 0.6) is 0 Å². The number of nitrogens with two attached hydrogens (primary N) is 1. The average molecular weight is 318 g/mol. The van der Waals surface area contributed by atoms with E-state index in [2.05, 4.69) is 10.4 Å². The first-order chi connectivity index (χ1) is 10.1. The Morgan fingerprint density at radius 3 is 2.62 bits per heavy atom. The predicted octanol–water partition coefficient (Wildman–Crippen LogP) is 0.0408. The van der Waals surface area contributed by atoms with Crippen LogP contribution in [0.25, 0.3) is 0 Å². The summed E-state index contributed by atoms with van der Waals surface area (Å²) in [6.45, 7) is 1.33. The van der Waals surface area contributed by atoms with Gasteiger partial charge >= 0.3 is 0 Å². The molecule has 21 heavy (non-hydrogen) atoms. The third kappa shape index (κ3) is 4.90. The van der Waals surface area contributed by atoms with E-state index in [1.54, 1.807) is 19.2 Å². The normalized spacial score (nSPS) is 11.8. The number of methoxy groups -OCH3 is 2. The van der Waals surface area contributed by atoms with Crippen LogP contribution in [0.3, 0.4) is 0 Å². The molecule has 0 aliphatic rings. The minimum absolute atomic E-state index is 0.0963. The molecule has 0 aliphatic heterocycles. The van der Waals surface area contributed by atoms with Gasteiger partial charge in [-0.3, -0.25) is 5.84 Å². The molecule has 0 radical (unpaired) electrons. The zero-order chi connectivity index (χ0) is 15.7. The molecule has 0 saturated heterocycles. The van der Waals surface area contributed by atoms with Crippen molar-refractivity contribution < 1.29 is 17.9 Å². The fourth-order valence-corrected chi connectivity index (χ4v) is 3.29. The van der Waals surface area contributed by atoms with Crippen molar-refractivity contribution in [2.45, 2.75) is 11.4 Å². The second-order valence-corrected chi connectivity index (χ2v) is 6.10. The quantitative estimate of drug-likeness (QED) is 0.356. The molecule has 1 rings (SSSR count). The SMILES string of the molecule is COCCCN(CCOC)S(=O)(=O)c1ncccc1NN. The Morgan fingerprint density at radius 2 is 2.00 bits per heavy atom. The van der Waals surface area contributed by atoms with E-state index in [0.29, 0.717) is 26.2 Å². The van der Waals surface area contributed by atoms with E-state index in [1.165, 1.54) is 17.6 Å². The van der Waals surface area contributed by atoms with E-state index in [0.717, 1.165) is 0 Å².